The van der Waals surface area contributed by atoms with E-state index < -0.39 is 11.8 Å². The third-order valence-electron chi connectivity index (χ3n) is 3.87. The molecule has 0 aromatic heterocycles. The number of carboxylic acids is 1. The van der Waals surface area contributed by atoms with E-state index in [0.29, 0.717) is 26.1 Å². The minimum Gasteiger partial charge on any atom is -0.481 e. The predicted octanol–water partition coefficient (Wildman–Crippen LogP) is 1.23. The van der Waals surface area contributed by atoms with Crippen molar-refractivity contribution in [1.29, 1.82) is 0 Å². The number of ether oxygens (including phenoxy) is 2. The van der Waals surface area contributed by atoms with Gasteiger partial charge in [0.25, 0.3) is 0 Å². The highest BCUT2D eigenvalue weighted by Crippen LogP contribution is 2.37. The number of hydrogen-bond donors (Lipinski definition) is 3. The molecular formula is C14H24N2O5. The molecular weight excluding hydrogens is 276 g/mol. The molecule has 2 fully saturated rings. The third kappa shape index (κ3) is 5.17. The first-order valence-electron chi connectivity index (χ1n) is 7.65. The lowest BCUT2D eigenvalue weighted by Gasteiger charge is -2.31. The lowest BCUT2D eigenvalue weighted by atomic mass is 9.94. The van der Waals surface area contributed by atoms with E-state index in [1.165, 1.54) is 6.42 Å². The van der Waals surface area contributed by atoms with Crippen LogP contribution >= 0.6 is 0 Å². The van der Waals surface area contributed by atoms with Gasteiger partial charge in [0.1, 0.15) is 6.10 Å². The molecule has 120 valence electrons. The number of carbonyl (C=O) groups excluding carboxylic acids is 1. The first-order valence-corrected chi connectivity index (χ1v) is 7.65. The van der Waals surface area contributed by atoms with Gasteiger partial charge in [-0.1, -0.05) is 6.42 Å². The van der Waals surface area contributed by atoms with Gasteiger partial charge in [0, 0.05) is 32.4 Å². The zero-order chi connectivity index (χ0) is 15.1. The Morgan fingerprint density at radius 2 is 1.95 bits per heavy atom. The summed E-state index contributed by atoms with van der Waals surface area (Å²) in [5.41, 5.74) is 0. The van der Waals surface area contributed by atoms with E-state index in [-0.39, 0.29) is 18.6 Å². The fourth-order valence-corrected chi connectivity index (χ4v) is 2.78. The smallest absolute Gasteiger partial charge is 0.314 e. The van der Waals surface area contributed by atoms with Gasteiger partial charge in [-0.15, -0.1) is 0 Å². The Labute approximate surface area is 124 Å². The molecule has 1 aliphatic heterocycles. The van der Waals surface area contributed by atoms with Gasteiger partial charge in [0.2, 0.25) is 0 Å². The molecule has 2 rings (SSSR count). The van der Waals surface area contributed by atoms with Crippen molar-refractivity contribution in [2.45, 2.75) is 56.8 Å². The van der Waals surface area contributed by atoms with Crippen LogP contribution < -0.4 is 10.6 Å². The molecule has 1 atom stereocenters. The molecule has 2 amide bonds. The molecule has 0 aromatic carbocycles. The van der Waals surface area contributed by atoms with E-state index in [0.717, 1.165) is 25.7 Å². The molecule has 1 aliphatic carbocycles. The largest absolute Gasteiger partial charge is 0.481 e. The van der Waals surface area contributed by atoms with Crippen LogP contribution in [0.25, 0.3) is 0 Å². The molecule has 0 aromatic rings. The van der Waals surface area contributed by atoms with Crippen molar-refractivity contribution >= 4 is 12.0 Å². The van der Waals surface area contributed by atoms with E-state index >= 15 is 0 Å². The van der Waals surface area contributed by atoms with Crippen LogP contribution in [-0.4, -0.2) is 48.7 Å². The summed E-state index contributed by atoms with van der Waals surface area (Å²) in [4.78, 5) is 21.9. The Hall–Kier alpha value is -1.34. The van der Waals surface area contributed by atoms with Crippen LogP contribution in [0.2, 0.25) is 0 Å². The highest BCUT2D eigenvalue weighted by molar-refractivity contribution is 5.73. The van der Waals surface area contributed by atoms with E-state index in [4.69, 9.17) is 14.6 Å². The van der Waals surface area contributed by atoms with Crippen LogP contribution in [0, 0.1) is 0 Å². The molecule has 7 nitrogen and oxygen atoms in total. The number of nitrogens with one attached hydrogen (secondary N) is 2. The van der Waals surface area contributed by atoms with Crippen LogP contribution in [0.1, 0.15) is 44.9 Å². The number of aliphatic carboxylic acids is 1. The molecule has 1 unspecified atom stereocenters. The van der Waals surface area contributed by atoms with Crippen molar-refractivity contribution in [3.8, 4) is 0 Å². The van der Waals surface area contributed by atoms with Crippen LogP contribution in [0.15, 0.2) is 0 Å². The van der Waals surface area contributed by atoms with E-state index in [9.17, 15) is 9.59 Å². The number of carbonyl (C=O) groups is 2. The second-order valence-corrected chi connectivity index (χ2v) is 5.66. The van der Waals surface area contributed by atoms with Gasteiger partial charge in [-0.2, -0.15) is 0 Å². The van der Waals surface area contributed by atoms with Crippen molar-refractivity contribution in [3.05, 3.63) is 0 Å². The number of amides is 2. The van der Waals surface area contributed by atoms with E-state index in [1.54, 1.807) is 0 Å². The fraction of sp³-hybridized carbons (Fsp3) is 0.857. The molecule has 2 aliphatic rings. The molecule has 3 N–H and O–H groups in total. The topological polar surface area (TPSA) is 96.9 Å². The number of rotatable bonds is 6. The minimum absolute atomic E-state index is 0.0579. The van der Waals surface area contributed by atoms with Crippen molar-refractivity contribution < 1.29 is 24.2 Å². The predicted molar refractivity (Wildman–Crippen MR) is 74.9 cm³/mol. The molecule has 0 radical (unpaired) electrons. The average molecular weight is 300 g/mol. The lowest BCUT2D eigenvalue weighted by Crippen LogP contribution is -2.41. The van der Waals surface area contributed by atoms with Gasteiger partial charge >= 0.3 is 12.0 Å². The monoisotopic (exact) mass is 300 g/mol. The van der Waals surface area contributed by atoms with Gasteiger partial charge in [-0.3, -0.25) is 4.79 Å². The summed E-state index contributed by atoms with van der Waals surface area (Å²) >= 11 is 0. The molecule has 0 bridgehead atoms. The van der Waals surface area contributed by atoms with Gasteiger partial charge in [0.15, 0.2) is 5.79 Å². The molecule has 1 heterocycles. The summed E-state index contributed by atoms with van der Waals surface area (Å²) in [6.07, 6.45) is 5.74. The number of carboxylic acid groups (broad SMARTS) is 1. The second kappa shape index (κ2) is 7.61. The Morgan fingerprint density at radius 1 is 1.19 bits per heavy atom. The zero-order valence-corrected chi connectivity index (χ0v) is 12.2. The van der Waals surface area contributed by atoms with E-state index in [2.05, 4.69) is 10.6 Å². The molecule has 1 saturated heterocycles. The number of hydrogen-bond acceptors (Lipinski definition) is 4. The minimum atomic E-state index is -0.855. The normalized spacial score (nSPS) is 23.9. The molecule has 1 saturated carbocycles. The summed E-state index contributed by atoms with van der Waals surface area (Å²) in [5, 5.41) is 13.8. The summed E-state index contributed by atoms with van der Waals surface area (Å²) < 4.78 is 11.7. The first-order chi connectivity index (χ1) is 10.1. The van der Waals surface area contributed by atoms with Gasteiger partial charge in [-0.05, 0) is 19.3 Å². The molecule has 7 heteroatoms. The summed E-state index contributed by atoms with van der Waals surface area (Å²) in [7, 11) is 0. The van der Waals surface area contributed by atoms with Crippen LogP contribution in [-0.2, 0) is 14.3 Å². The maximum Gasteiger partial charge on any atom is 0.314 e. The fourth-order valence-electron chi connectivity index (χ4n) is 2.78. The summed E-state index contributed by atoms with van der Waals surface area (Å²) in [5.74, 6) is -1.27. The van der Waals surface area contributed by atoms with Crippen molar-refractivity contribution in [3.63, 3.8) is 0 Å². The Morgan fingerprint density at radius 3 is 2.67 bits per heavy atom. The van der Waals surface area contributed by atoms with Crippen LogP contribution in [0.5, 0.6) is 0 Å². The highest BCUT2D eigenvalue weighted by Gasteiger charge is 2.42. The second-order valence-electron chi connectivity index (χ2n) is 5.66. The lowest BCUT2D eigenvalue weighted by molar-refractivity contribution is -0.186. The molecule has 21 heavy (non-hydrogen) atoms. The molecule has 1 spiro atoms. The maximum absolute atomic E-state index is 11.5. The van der Waals surface area contributed by atoms with E-state index in [1.807, 2.05) is 0 Å². The van der Waals surface area contributed by atoms with Crippen molar-refractivity contribution in [2.24, 2.45) is 0 Å². The Bertz CT molecular complexity index is 368. The SMILES string of the molecule is O=C(O)CCCNC(=O)NCC1COC2(CCCCC2)O1. The third-order valence-corrected chi connectivity index (χ3v) is 3.87. The standard InChI is InChI=1S/C14H24N2O5/c17-12(18)5-4-8-15-13(19)16-9-11-10-20-14(21-11)6-2-1-3-7-14/h11H,1-10H2,(H,17,18)(H2,15,16,19). The van der Waals surface area contributed by atoms with Gasteiger partial charge in [0.05, 0.1) is 6.61 Å². The Balaban J connectivity index is 1.58. The van der Waals surface area contributed by atoms with Gasteiger partial charge < -0.3 is 25.2 Å². The zero-order valence-electron chi connectivity index (χ0n) is 12.2. The Kier molecular flexibility index (Phi) is 5.81. The quantitative estimate of drug-likeness (QED) is 0.641. The summed E-state index contributed by atoms with van der Waals surface area (Å²) in [6.45, 7) is 1.27. The van der Waals surface area contributed by atoms with Crippen molar-refractivity contribution in [1.82, 2.24) is 10.6 Å². The van der Waals surface area contributed by atoms with Crippen LogP contribution in [0.3, 0.4) is 0 Å². The summed E-state index contributed by atoms with van der Waals surface area (Å²) in [6, 6.07) is -0.298. The highest BCUT2D eigenvalue weighted by atomic mass is 16.7. The first kappa shape index (κ1) is 16.0. The van der Waals surface area contributed by atoms with Crippen LogP contribution in [0.4, 0.5) is 4.79 Å². The van der Waals surface area contributed by atoms with Gasteiger partial charge in [-0.25, -0.2) is 4.79 Å². The average Bonchev–Trinajstić information content (AvgIpc) is 2.85. The number of urea groups is 1. The maximum atomic E-state index is 11.5. The van der Waals surface area contributed by atoms with Crippen molar-refractivity contribution in [2.75, 3.05) is 19.7 Å².